The third kappa shape index (κ3) is 2.80. The van der Waals surface area contributed by atoms with E-state index in [0.29, 0.717) is 28.6 Å². The molecule has 0 aromatic heterocycles. The number of methoxy groups -OCH3 is 3. The average molecular weight is 326 g/mol. The van der Waals surface area contributed by atoms with Gasteiger partial charge in [-0.05, 0) is 11.1 Å². The van der Waals surface area contributed by atoms with E-state index in [4.69, 9.17) is 18.9 Å². The largest absolute Gasteiger partial charge is 0.493 e. The predicted octanol–water partition coefficient (Wildman–Crippen LogP) is 3.56. The molecule has 0 saturated carbocycles. The van der Waals surface area contributed by atoms with Gasteiger partial charge in [0.25, 0.3) is 0 Å². The molecule has 2 aromatic carbocycles. The fourth-order valence-corrected chi connectivity index (χ4v) is 2.79. The van der Waals surface area contributed by atoms with Crippen LogP contribution < -0.4 is 18.9 Å². The first kappa shape index (κ1) is 15.9. The van der Waals surface area contributed by atoms with Gasteiger partial charge >= 0.3 is 5.97 Å². The first-order valence-corrected chi connectivity index (χ1v) is 7.47. The van der Waals surface area contributed by atoms with Crippen LogP contribution in [0.2, 0.25) is 0 Å². The Balaban J connectivity index is 2.24. The summed E-state index contributed by atoms with van der Waals surface area (Å²) >= 11 is 0. The van der Waals surface area contributed by atoms with Crippen LogP contribution in [0.3, 0.4) is 0 Å². The minimum Gasteiger partial charge on any atom is -0.493 e. The normalized spacial score (nSPS) is 14.8. The van der Waals surface area contributed by atoms with E-state index < -0.39 is 0 Å². The number of hydrogen-bond donors (Lipinski definition) is 0. The zero-order chi connectivity index (χ0) is 17.1. The molecule has 0 unspecified atom stereocenters. The number of benzene rings is 2. The van der Waals surface area contributed by atoms with Crippen LogP contribution in [0, 0.1) is 0 Å². The van der Waals surface area contributed by atoms with Crippen molar-refractivity contribution in [2.24, 2.45) is 0 Å². The summed E-state index contributed by atoms with van der Waals surface area (Å²) in [6, 6.07) is 11.4. The Morgan fingerprint density at radius 1 is 1.00 bits per heavy atom. The molecule has 0 amide bonds. The van der Waals surface area contributed by atoms with Crippen LogP contribution in [0.4, 0.5) is 0 Å². The molecule has 1 heterocycles. The second-order valence-corrected chi connectivity index (χ2v) is 5.25. The molecule has 5 heteroatoms. The van der Waals surface area contributed by atoms with E-state index >= 15 is 0 Å². The van der Waals surface area contributed by atoms with E-state index in [-0.39, 0.29) is 12.4 Å². The SMILES string of the molecule is COc1cc2c(c(OC)c1OC)/C(=C/c1ccccc1)CC(=O)O2. The highest BCUT2D eigenvalue weighted by atomic mass is 16.5. The fourth-order valence-electron chi connectivity index (χ4n) is 2.79. The molecule has 0 bridgehead atoms. The van der Waals surface area contributed by atoms with Gasteiger partial charge in [0, 0.05) is 6.07 Å². The number of carbonyl (C=O) groups excluding carboxylic acids is 1. The lowest BCUT2D eigenvalue weighted by Gasteiger charge is -2.24. The van der Waals surface area contributed by atoms with Crippen LogP contribution in [-0.4, -0.2) is 27.3 Å². The van der Waals surface area contributed by atoms with Crippen molar-refractivity contribution in [3.63, 3.8) is 0 Å². The van der Waals surface area contributed by atoms with Crippen LogP contribution in [-0.2, 0) is 4.79 Å². The number of hydrogen-bond acceptors (Lipinski definition) is 5. The third-order valence-electron chi connectivity index (χ3n) is 3.81. The van der Waals surface area contributed by atoms with Gasteiger partial charge in [0.15, 0.2) is 11.5 Å². The van der Waals surface area contributed by atoms with Crippen molar-refractivity contribution in [2.75, 3.05) is 21.3 Å². The van der Waals surface area contributed by atoms with E-state index in [2.05, 4.69) is 0 Å². The first-order chi connectivity index (χ1) is 11.7. The third-order valence-corrected chi connectivity index (χ3v) is 3.81. The van der Waals surface area contributed by atoms with Gasteiger partial charge < -0.3 is 18.9 Å². The smallest absolute Gasteiger partial charge is 0.315 e. The lowest BCUT2D eigenvalue weighted by molar-refractivity contribution is -0.133. The molecule has 0 spiro atoms. The Bertz CT molecular complexity index is 793. The van der Waals surface area contributed by atoms with Crippen LogP contribution in [0.25, 0.3) is 11.6 Å². The molecule has 124 valence electrons. The number of ether oxygens (including phenoxy) is 4. The van der Waals surface area contributed by atoms with Crippen molar-refractivity contribution in [1.82, 2.24) is 0 Å². The highest BCUT2D eigenvalue weighted by Gasteiger charge is 2.30. The molecule has 1 aliphatic heterocycles. The molecule has 0 atom stereocenters. The van der Waals surface area contributed by atoms with Crippen LogP contribution >= 0.6 is 0 Å². The van der Waals surface area contributed by atoms with Crippen LogP contribution in [0.15, 0.2) is 36.4 Å². The lowest BCUT2D eigenvalue weighted by atomic mass is 9.95. The Morgan fingerprint density at radius 2 is 1.71 bits per heavy atom. The lowest BCUT2D eigenvalue weighted by Crippen LogP contribution is -2.16. The van der Waals surface area contributed by atoms with Crippen molar-refractivity contribution in [1.29, 1.82) is 0 Å². The van der Waals surface area contributed by atoms with E-state index in [1.54, 1.807) is 20.3 Å². The van der Waals surface area contributed by atoms with Crippen molar-refractivity contribution < 1.29 is 23.7 Å². The van der Waals surface area contributed by atoms with Crippen molar-refractivity contribution >= 4 is 17.6 Å². The van der Waals surface area contributed by atoms with E-state index in [1.165, 1.54) is 7.11 Å². The van der Waals surface area contributed by atoms with Gasteiger partial charge in [0.1, 0.15) is 5.75 Å². The van der Waals surface area contributed by atoms with Crippen molar-refractivity contribution in [3.8, 4) is 23.0 Å². The van der Waals surface area contributed by atoms with Gasteiger partial charge in [-0.3, -0.25) is 4.79 Å². The summed E-state index contributed by atoms with van der Waals surface area (Å²) < 4.78 is 21.7. The summed E-state index contributed by atoms with van der Waals surface area (Å²) in [5, 5.41) is 0. The summed E-state index contributed by atoms with van der Waals surface area (Å²) in [6.07, 6.45) is 2.11. The molecule has 3 rings (SSSR count). The number of carbonyl (C=O) groups is 1. The van der Waals surface area contributed by atoms with E-state index in [9.17, 15) is 4.79 Å². The number of esters is 1. The molecule has 0 fully saturated rings. The molecule has 0 N–H and O–H groups in total. The predicted molar refractivity (Wildman–Crippen MR) is 90.7 cm³/mol. The average Bonchev–Trinajstić information content (AvgIpc) is 2.60. The molecule has 2 aromatic rings. The first-order valence-electron chi connectivity index (χ1n) is 7.47. The van der Waals surface area contributed by atoms with E-state index in [1.807, 2.05) is 36.4 Å². The summed E-state index contributed by atoms with van der Waals surface area (Å²) in [6.45, 7) is 0. The summed E-state index contributed by atoms with van der Waals surface area (Å²) in [4.78, 5) is 12.0. The van der Waals surface area contributed by atoms with Gasteiger partial charge in [-0.15, -0.1) is 0 Å². The standard InChI is InChI=1S/C19H18O5/c1-21-15-11-14-17(19(23-3)18(15)22-2)13(10-16(20)24-14)9-12-7-5-4-6-8-12/h4-9,11H,10H2,1-3H3/b13-9+. The topological polar surface area (TPSA) is 54.0 Å². The molecule has 0 saturated heterocycles. The van der Waals surface area contributed by atoms with Crippen LogP contribution in [0.1, 0.15) is 17.5 Å². The summed E-state index contributed by atoms with van der Waals surface area (Å²) in [5.74, 6) is 1.49. The zero-order valence-electron chi connectivity index (χ0n) is 13.8. The molecular weight excluding hydrogens is 308 g/mol. The monoisotopic (exact) mass is 326 g/mol. The molecule has 5 nitrogen and oxygen atoms in total. The quantitative estimate of drug-likeness (QED) is 0.635. The van der Waals surface area contributed by atoms with Gasteiger partial charge in [-0.2, -0.15) is 0 Å². The van der Waals surface area contributed by atoms with Gasteiger partial charge in [-0.1, -0.05) is 36.4 Å². The second kappa shape index (κ2) is 6.66. The van der Waals surface area contributed by atoms with Gasteiger partial charge in [0.2, 0.25) is 5.75 Å². The Morgan fingerprint density at radius 3 is 2.33 bits per heavy atom. The maximum absolute atomic E-state index is 12.0. The maximum Gasteiger partial charge on any atom is 0.315 e. The zero-order valence-corrected chi connectivity index (χ0v) is 13.8. The molecule has 0 aliphatic carbocycles. The minimum absolute atomic E-state index is 0.160. The molecule has 24 heavy (non-hydrogen) atoms. The molecule has 1 aliphatic rings. The van der Waals surface area contributed by atoms with Crippen molar-refractivity contribution in [2.45, 2.75) is 6.42 Å². The number of rotatable bonds is 4. The Kier molecular flexibility index (Phi) is 4.42. The van der Waals surface area contributed by atoms with Gasteiger partial charge in [0.05, 0.1) is 33.3 Å². The minimum atomic E-state index is -0.320. The summed E-state index contributed by atoms with van der Waals surface area (Å²) in [5.41, 5.74) is 2.51. The number of fused-ring (bicyclic) bond motifs is 1. The van der Waals surface area contributed by atoms with Crippen molar-refractivity contribution in [3.05, 3.63) is 47.5 Å². The summed E-state index contributed by atoms with van der Waals surface area (Å²) in [7, 11) is 4.62. The van der Waals surface area contributed by atoms with Gasteiger partial charge in [-0.25, -0.2) is 0 Å². The molecular formula is C19H18O5. The fraction of sp³-hybridized carbons (Fsp3) is 0.211. The van der Waals surface area contributed by atoms with E-state index in [0.717, 1.165) is 11.1 Å². The highest BCUT2D eigenvalue weighted by molar-refractivity contribution is 6.00. The highest BCUT2D eigenvalue weighted by Crippen LogP contribution is 2.50. The van der Waals surface area contributed by atoms with Crippen LogP contribution in [0.5, 0.6) is 23.0 Å². The molecule has 0 radical (unpaired) electrons. The second-order valence-electron chi connectivity index (χ2n) is 5.25. The Hall–Kier alpha value is -2.95. The maximum atomic E-state index is 12.0. The Labute approximate surface area is 140 Å².